The molecule has 0 saturated carbocycles. The average molecular weight is 357 g/mol. The first-order valence-corrected chi connectivity index (χ1v) is 8.32. The summed E-state index contributed by atoms with van der Waals surface area (Å²) in [4.78, 5) is 25.4. The number of aromatic hydroxyl groups is 1. The van der Waals surface area contributed by atoms with Gasteiger partial charge < -0.3 is 15.0 Å². The number of pyridine rings is 1. The van der Waals surface area contributed by atoms with Crippen LogP contribution in [0.3, 0.4) is 0 Å². The van der Waals surface area contributed by atoms with Crippen LogP contribution in [0.15, 0.2) is 53.3 Å². The fourth-order valence-electron chi connectivity index (χ4n) is 2.80. The first-order chi connectivity index (χ1) is 12.0. The van der Waals surface area contributed by atoms with Crippen molar-refractivity contribution in [3.63, 3.8) is 0 Å². The number of amides is 1. The van der Waals surface area contributed by atoms with Gasteiger partial charge in [0.05, 0.1) is 5.52 Å². The Kier molecular flexibility index (Phi) is 4.76. The topological polar surface area (TPSA) is 71.3 Å². The van der Waals surface area contributed by atoms with Crippen LogP contribution in [-0.2, 0) is 6.54 Å². The lowest BCUT2D eigenvalue weighted by molar-refractivity contribution is 0.102. The van der Waals surface area contributed by atoms with Crippen LogP contribution >= 0.6 is 11.6 Å². The lowest BCUT2D eigenvalue weighted by atomic mass is 10.1. The molecule has 0 saturated heterocycles. The number of nitrogens with zero attached hydrogens (tertiary/aromatic N) is 1. The van der Waals surface area contributed by atoms with Gasteiger partial charge in [-0.1, -0.05) is 36.7 Å². The molecule has 1 aromatic heterocycles. The predicted molar refractivity (Wildman–Crippen MR) is 99.6 cm³/mol. The van der Waals surface area contributed by atoms with Gasteiger partial charge in [-0.05, 0) is 36.8 Å². The molecule has 6 heteroatoms. The van der Waals surface area contributed by atoms with Crippen LogP contribution in [0.2, 0.25) is 5.02 Å². The first kappa shape index (κ1) is 17.0. The summed E-state index contributed by atoms with van der Waals surface area (Å²) >= 11 is 5.91. The summed E-state index contributed by atoms with van der Waals surface area (Å²) < 4.78 is 1.52. The van der Waals surface area contributed by atoms with Crippen LogP contribution in [-0.4, -0.2) is 15.6 Å². The lowest BCUT2D eigenvalue weighted by Crippen LogP contribution is -2.29. The molecule has 128 valence electrons. The number of benzene rings is 2. The SMILES string of the molecule is CCCn1c(=O)c(C(=O)Nc2cccc(Cl)c2)c(O)c2ccccc21. The summed E-state index contributed by atoms with van der Waals surface area (Å²) in [5.74, 6) is -0.979. The van der Waals surface area contributed by atoms with Crippen molar-refractivity contribution in [2.75, 3.05) is 5.32 Å². The van der Waals surface area contributed by atoms with Crippen molar-refractivity contribution in [1.82, 2.24) is 4.57 Å². The maximum Gasteiger partial charge on any atom is 0.267 e. The van der Waals surface area contributed by atoms with E-state index in [2.05, 4.69) is 5.32 Å². The van der Waals surface area contributed by atoms with Gasteiger partial charge in [-0.15, -0.1) is 0 Å². The molecule has 1 amide bonds. The average Bonchev–Trinajstić information content (AvgIpc) is 2.59. The van der Waals surface area contributed by atoms with E-state index in [1.165, 1.54) is 4.57 Å². The monoisotopic (exact) mass is 356 g/mol. The number of fused-ring (bicyclic) bond motifs is 1. The summed E-state index contributed by atoms with van der Waals surface area (Å²) in [5.41, 5.74) is 0.266. The van der Waals surface area contributed by atoms with Crippen molar-refractivity contribution in [3.8, 4) is 5.75 Å². The number of hydrogen-bond acceptors (Lipinski definition) is 3. The minimum atomic E-state index is -0.666. The van der Waals surface area contributed by atoms with Crippen LogP contribution in [0.4, 0.5) is 5.69 Å². The second kappa shape index (κ2) is 6.99. The van der Waals surface area contributed by atoms with Gasteiger partial charge in [0.2, 0.25) is 0 Å². The van der Waals surface area contributed by atoms with Gasteiger partial charge in [0.1, 0.15) is 11.3 Å². The highest BCUT2D eigenvalue weighted by molar-refractivity contribution is 6.31. The van der Waals surface area contributed by atoms with E-state index in [1.807, 2.05) is 6.92 Å². The normalized spacial score (nSPS) is 10.8. The summed E-state index contributed by atoms with van der Waals surface area (Å²) in [6, 6.07) is 13.6. The Hall–Kier alpha value is -2.79. The standard InChI is InChI=1S/C19H17ClN2O3/c1-2-10-22-15-9-4-3-8-14(15)17(23)16(19(22)25)18(24)21-13-7-5-6-12(20)11-13/h3-9,11,23H,2,10H2,1H3,(H,21,24). The zero-order valence-electron chi connectivity index (χ0n) is 13.6. The molecule has 2 aromatic carbocycles. The minimum absolute atomic E-state index is 0.271. The Labute approximate surface area is 149 Å². The minimum Gasteiger partial charge on any atom is -0.506 e. The van der Waals surface area contributed by atoms with E-state index < -0.39 is 11.5 Å². The smallest absolute Gasteiger partial charge is 0.267 e. The predicted octanol–water partition coefficient (Wildman–Crippen LogP) is 4.02. The number of nitrogens with one attached hydrogen (secondary N) is 1. The van der Waals surface area contributed by atoms with E-state index in [4.69, 9.17) is 11.6 Å². The van der Waals surface area contributed by atoms with Gasteiger partial charge in [0.25, 0.3) is 11.5 Å². The number of carbonyl (C=O) groups excluding carboxylic acids is 1. The maximum atomic E-state index is 12.8. The molecule has 0 aliphatic carbocycles. The Morgan fingerprint density at radius 3 is 2.68 bits per heavy atom. The Balaban J connectivity index is 2.15. The molecular formula is C19H17ClN2O3. The third-order valence-electron chi connectivity index (χ3n) is 3.90. The van der Waals surface area contributed by atoms with Crippen LogP contribution < -0.4 is 10.9 Å². The molecule has 0 aliphatic rings. The number of aryl methyl sites for hydroxylation is 1. The number of halogens is 1. The van der Waals surface area contributed by atoms with Crippen molar-refractivity contribution < 1.29 is 9.90 Å². The molecule has 0 fully saturated rings. The summed E-state index contributed by atoms with van der Waals surface area (Å²) in [7, 11) is 0. The van der Waals surface area contributed by atoms with E-state index >= 15 is 0 Å². The molecule has 0 aliphatic heterocycles. The Morgan fingerprint density at radius 2 is 1.96 bits per heavy atom. The van der Waals surface area contributed by atoms with E-state index in [0.29, 0.717) is 28.2 Å². The van der Waals surface area contributed by atoms with Crippen molar-refractivity contribution in [2.45, 2.75) is 19.9 Å². The van der Waals surface area contributed by atoms with Gasteiger partial charge in [-0.2, -0.15) is 0 Å². The molecular weight excluding hydrogens is 340 g/mol. The number of aromatic nitrogens is 1. The largest absolute Gasteiger partial charge is 0.506 e. The van der Waals surface area contributed by atoms with Crippen LogP contribution in [0.25, 0.3) is 10.9 Å². The summed E-state index contributed by atoms with van der Waals surface area (Å²) in [6.07, 6.45) is 0.726. The van der Waals surface area contributed by atoms with Gasteiger partial charge in [0, 0.05) is 22.6 Å². The number of para-hydroxylation sites is 1. The molecule has 0 atom stereocenters. The summed E-state index contributed by atoms with van der Waals surface area (Å²) in [6.45, 7) is 2.40. The van der Waals surface area contributed by atoms with E-state index in [-0.39, 0.29) is 11.3 Å². The molecule has 0 bridgehead atoms. The second-order valence-corrected chi connectivity index (χ2v) is 6.10. The van der Waals surface area contributed by atoms with Crippen LogP contribution in [0, 0.1) is 0 Å². The van der Waals surface area contributed by atoms with Crippen molar-refractivity contribution >= 4 is 34.1 Å². The van der Waals surface area contributed by atoms with Crippen molar-refractivity contribution in [3.05, 3.63) is 69.5 Å². The number of anilines is 1. The fourth-order valence-corrected chi connectivity index (χ4v) is 2.99. The van der Waals surface area contributed by atoms with E-state index in [1.54, 1.807) is 48.5 Å². The van der Waals surface area contributed by atoms with Crippen LogP contribution in [0.1, 0.15) is 23.7 Å². The van der Waals surface area contributed by atoms with Crippen LogP contribution in [0.5, 0.6) is 5.75 Å². The maximum absolute atomic E-state index is 12.8. The molecule has 0 radical (unpaired) electrons. The second-order valence-electron chi connectivity index (χ2n) is 5.66. The highest BCUT2D eigenvalue weighted by atomic mass is 35.5. The quantitative estimate of drug-likeness (QED) is 0.741. The molecule has 1 heterocycles. The van der Waals surface area contributed by atoms with E-state index in [0.717, 1.165) is 6.42 Å². The fraction of sp³-hybridized carbons (Fsp3) is 0.158. The van der Waals surface area contributed by atoms with Crippen molar-refractivity contribution in [1.29, 1.82) is 0 Å². The third kappa shape index (κ3) is 3.23. The molecule has 25 heavy (non-hydrogen) atoms. The lowest BCUT2D eigenvalue weighted by Gasteiger charge is -2.14. The zero-order chi connectivity index (χ0) is 18.0. The van der Waals surface area contributed by atoms with Gasteiger partial charge in [-0.3, -0.25) is 9.59 Å². The van der Waals surface area contributed by atoms with Gasteiger partial charge in [0.15, 0.2) is 0 Å². The highest BCUT2D eigenvalue weighted by Gasteiger charge is 2.22. The Bertz CT molecular complexity index is 1010. The first-order valence-electron chi connectivity index (χ1n) is 7.94. The number of hydrogen-bond donors (Lipinski definition) is 2. The zero-order valence-corrected chi connectivity index (χ0v) is 14.4. The molecule has 3 rings (SSSR count). The third-order valence-corrected chi connectivity index (χ3v) is 4.14. The summed E-state index contributed by atoms with van der Waals surface area (Å²) in [5, 5.41) is 14.1. The molecule has 0 spiro atoms. The number of rotatable bonds is 4. The molecule has 3 aromatic rings. The van der Waals surface area contributed by atoms with E-state index in [9.17, 15) is 14.7 Å². The van der Waals surface area contributed by atoms with Crippen molar-refractivity contribution in [2.24, 2.45) is 0 Å². The highest BCUT2D eigenvalue weighted by Crippen LogP contribution is 2.27. The van der Waals surface area contributed by atoms with Gasteiger partial charge >= 0.3 is 0 Å². The van der Waals surface area contributed by atoms with Gasteiger partial charge in [-0.25, -0.2) is 0 Å². The number of carbonyl (C=O) groups is 1. The Morgan fingerprint density at radius 1 is 1.20 bits per heavy atom. The molecule has 5 nitrogen and oxygen atoms in total. The molecule has 0 unspecified atom stereocenters. The molecule has 2 N–H and O–H groups in total.